The Morgan fingerprint density at radius 3 is 2.25 bits per heavy atom. The molecule has 0 spiro atoms. The molecule has 0 N–H and O–H groups in total. The zero-order chi connectivity index (χ0) is 20.1. The van der Waals surface area contributed by atoms with Crippen LogP contribution in [0.1, 0.15) is 23.5 Å². The number of likely N-dealkylation sites (N-methyl/N-ethyl adjacent to an activating group) is 1. The fraction of sp³-hybridized carbons (Fsp3) is 0.286. The molecule has 1 saturated heterocycles. The second-order valence-corrected chi connectivity index (χ2v) is 11.0. The molecule has 3 rings (SSSR count). The summed E-state index contributed by atoms with van der Waals surface area (Å²) in [5, 5.41) is 0. The summed E-state index contributed by atoms with van der Waals surface area (Å²) in [6, 6.07) is 15.9. The van der Waals surface area contributed by atoms with Crippen molar-refractivity contribution >= 4 is 39.5 Å². The second-order valence-electron chi connectivity index (χ2n) is 6.55. The number of carbonyl (C=O) groups excluding carboxylic acids is 1. The van der Waals surface area contributed by atoms with Crippen molar-refractivity contribution in [2.24, 2.45) is 0 Å². The average molecular weight is 434 g/mol. The van der Waals surface area contributed by atoms with E-state index in [9.17, 15) is 13.2 Å². The van der Waals surface area contributed by atoms with Crippen LogP contribution in [0.15, 0.2) is 69.8 Å². The van der Waals surface area contributed by atoms with E-state index in [2.05, 4.69) is 0 Å². The molecule has 0 bridgehead atoms. The molecule has 1 aliphatic rings. The van der Waals surface area contributed by atoms with Gasteiger partial charge >= 0.3 is 0 Å². The summed E-state index contributed by atoms with van der Waals surface area (Å²) in [6.45, 7) is 1.89. The molecule has 0 radical (unpaired) electrons. The number of hydrogen-bond donors (Lipinski definition) is 0. The molecule has 148 valence electrons. The Balaban J connectivity index is 1.95. The molecular weight excluding hydrogens is 410 g/mol. The summed E-state index contributed by atoms with van der Waals surface area (Å²) >= 11 is 3.45. The van der Waals surface area contributed by atoms with E-state index < -0.39 is 21.8 Å². The van der Waals surface area contributed by atoms with Crippen LogP contribution in [0.2, 0.25) is 0 Å². The van der Waals surface area contributed by atoms with Crippen molar-refractivity contribution in [1.29, 1.82) is 0 Å². The van der Waals surface area contributed by atoms with E-state index >= 15 is 0 Å². The van der Waals surface area contributed by atoms with Crippen LogP contribution in [-0.4, -0.2) is 37.2 Å². The van der Waals surface area contributed by atoms with Gasteiger partial charge < -0.3 is 0 Å². The average Bonchev–Trinajstić information content (AvgIpc) is 2.72. The number of amides is 1. The molecule has 2 aromatic rings. The lowest BCUT2D eigenvalue weighted by molar-refractivity contribution is -0.126. The van der Waals surface area contributed by atoms with Crippen molar-refractivity contribution in [3.05, 3.63) is 76.0 Å². The van der Waals surface area contributed by atoms with E-state index in [4.69, 9.17) is 0 Å². The van der Waals surface area contributed by atoms with Crippen LogP contribution in [0.3, 0.4) is 0 Å². The first-order valence-corrected chi connectivity index (χ1v) is 12.4. The molecule has 1 aliphatic heterocycles. The van der Waals surface area contributed by atoms with Crippen LogP contribution in [-0.2, 0) is 14.8 Å². The Morgan fingerprint density at radius 1 is 1.04 bits per heavy atom. The number of nitrogens with zero attached hydrogens (tertiary/aromatic N) is 1. The molecule has 1 amide bonds. The van der Waals surface area contributed by atoms with Gasteiger partial charge in [-0.05, 0) is 48.6 Å². The molecule has 1 atom stereocenters. The van der Waals surface area contributed by atoms with E-state index in [1.165, 1.54) is 19.2 Å². The lowest BCUT2D eigenvalue weighted by Gasteiger charge is -2.23. The van der Waals surface area contributed by atoms with Crippen molar-refractivity contribution < 1.29 is 13.2 Å². The lowest BCUT2D eigenvalue weighted by atomic mass is 9.98. The van der Waals surface area contributed by atoms with Crippen LogP contribution in [0.4, 0.5) is 0 Å². The van der Waals surface area contributed by atoms with E-state index in [0.717, 1.165) is 37.6 Å². The molecule has 0 aliphatic carbocycles. The highest BCUT2D eigenvalue weighted by atomic mass is 32.2. The molecule has 2 aromatic carbocycles. The summed E-state index contributed by atoms with van der Waals surface area (Å²) in [5.41, 5.74) is 1.75. The number of carbonyl (C=O) groups is 1. The number of rotatable bonds is 5. The highest BCUT2D eigenvalue weighted by Gasteiger charge is 2.31. The molecular formula is C21H23NO3S3. The minimum absolute atomic E-state index is 0.120. The highest BCUT2D eigenvalue weighted by molar-refractivity contribution is 8.22. The van der Waals surface area contributed by atoms with Crippen LogP contribution < -0.4 is 0 Å². The number of hydrogen-bond acceptors (Lipinski definition) is 5. The van der Waals surface area contributed by atoms with Gasteiger partial charge in [-0.2, -0.15) is 0 Å². The van der Waals surface area contributed by atoms with Gasteiger partial charge in [-0.15, -0.1) is 23.5 Å². The molecule has 1 heterocycles. The van der Waals surface area contributed by atoms with Crippen molar-refractivity contribution in [2.45, 2.75) is 24.2 Å². The number of sulfonamides is 1. The third kappa shape index (κ3) is 4.82. The van der Waals surface area contributed by atoms with Gasteiger partial charge in [0.05, 0.1) is 10.8 Å². The summed E-state index contributed by atoms with van der Waals surface area (Å²) < 4.78 is 27.9. The van der Waals surface area contributed by atoms with E-state index in [1.54, 1.807) is 35.7 Å². The van der Waals surface area contributed by atoms with E-state index in [-0.39, 0.29) is 4.90 Å². The lowest BCUT2D eigenvalue weighted by Crippen LogP contribution is -2.36. The predicted octanol–water partition coefficient (Wildman–Crippen LogP) is 4.64. The third-order valence-corrected chi connectivity index (χ3v) is 8.80. The fourth-order valence-electron chi connectivity index (χ4n) is 2.83. The molecule has 0 saturated carbocycles. The minimum Gasteiger partial charge on any atom is -0.273 e. The molecule has 4 nitrogen and oxygen atoms in total. The Bertz CT molecular complexity index is 946. The van der Waals surface area contributed by atoms with Gasteiger partial charge in [0.25, 0.3) is 10.0 Å². The van der Waals surface area contributed by atoms with Gasteiger partial charge in [0, 0.05) is 11.3 Å². The van der Waals surface area contributed by atoms with Gasteiger partial charge in [0.15, 0.2) is 0 Å². The largest absolute Gasteiger partial charge is 0.273 e. The van der Waals surface area contributed by atoms with Gasteiger partial charge in [0.1, 0.15) is 0 Å². The van der Waals surface area contributed by atoms with Gasteiger partial charge in [-0.3, -0.25) is 4.79 Å². The zero-order valence-corrected chi connectivity index (χ0v) is 18.3. The second kappa shape index (κ2) is 9.20. The monoisotopic (exact) mass is 433 g/mol. The maximum Gasteiger partial charge on any atom is 0.266 e. The number of aryl methyl sites for hydroxylation is 1. The maximum absolute atomic E-state index is 13.3. The molecule has 7 heteroatoms. The van der Waals surface area contributed by atoms with Crippen molar-refractivity contribution in [1.82, 2.24) is 4.31 Å². The standard InChI is InChI=1S/C21H23NO3S3/c1-16-9-11-18(12-10-16)28(24,25)22(2)21(23)19(17-7-4-3-5-8-17)15-20-26-13-6-14-27-20/h3-5,7-12,15,19H,6,13-14H2,1-2H3. The highest BCUT2D eigenvalue weighted by Crippen LogP contribution is 2.37. The fourth-order valence-corrected chi connectivity index (χ4v) is 6.44. The molecule has 1 unspecified atom stereocenters. The van der Waals surface area contributed by atoms with Crippen LogP contribution in [0, 0.1) is 6.92 Å². The van der Waals surface area contributed by atoms with Crippen LogP contribution >= 0.6 is 23.5 Å². The van der Waals surface area contributed by atoms with Gasteiger partial charge in [0.2, 0.25) is 5.91 Å². The van der Waals surface area contributed by atoms with Crippen molar-refractivity contribution in [2.75, 3.05) is 18.6 Å². The topological polar surface area (TPSA) is 54.5 Å². The Labute approximate surface area is 175 Å². The van der Waals surface area contributed by atoms with Crippen molar-refractivity contribution in [3.8, 4) is 0 Å². The summed E-state index contributed by atoms with van der Waals surface area (Å²) in [7, 11) is -2.57. The normalized spacial score (nSPS) is 15.7. The number of thioether (sulfide) groups is 2. The van der Waals surface area contributed by atoms with Gasteiger partial charge in [-0.25, -0.2) is 12.7 Å². The number of benzene rings is 2. The Hall–Kier alpha value is -1.70. The first-order chi connectivity index (χ1) is 13.4. The SMILES string of the molecule is Cc1ccc(S(=O)(=O)N(C)C(=O)C(C=C2SCCCS2)c2ccccc2)cc1. The van der Waals surface area contributed by atoms with Crippen LogP contribution in [0.25, 0.3) is 0 Å². The minimum atomic E-state index is -3.91. The first-order valence-electron chi connectivity index (χ1n) is 9.01. The summed E-state index contributed by atoms with van der Waals surface area (Å²) in [6.07, 6.45) is 3.05. The Kier molecular flexibility index (Phi) is 6.91. The summed E-state index contributed by atoms with van der Waals surface area (Å²) in [4.78, 5) is 13.4. The quantitative estimate of drug-likeness (QED) is 0.688. The predicted molar refractivity (Wildman–Crippen MR) is 118 cm³/mol. The van der Waals surface area contributed by atoms with Gasteiger partial charge in [-0.1, -0.05) is 48.0 Å². The first kappa shape index (κ1) is 21.0. The van der Waals surface area contributed by atoms with E-state index in [1.807, 2.05) is 43.3 Å². The van der Waals surface area contributed by atoms with Crippen molar-refractivity contribution in [3.63, 3.8) is 0 Å². The van der Waals surface area contributed by atoms with Crippen LogP contribution in [0.5, 0.6) is 0 Å². The maximum atomic E-state index is 13.3. The molecule has 1 fully saturated rings. The van der Waals surface area contributed by atoms with E-state index in [0.29, 0.717) is 0 Å². The zero-order valence-electron chi connectivity index (χ0n) is 15.9. The smallest absolute Gasteiger partial charge is 0.266 e. The Morgan fingerprint density at radius 2 is 1.64 bits per heavy atom. The molecule has 0 aromatic heterocycles. The molecule has 28 heavy (non-hydrogen) atoms. The third-order valence-electron chi connectivity index (χ3n) is 4.49. The summed E-state index contributed by atoms with van der Waals surface area (Å²) in [5.74, 6) is 0.948.